The highest BCUT2D eigenvalue weighted by atomic mass is 32.2. The lowest BCUT2D eigenvalue weighted by Gasteiger charge is -2.42. The summed E-state index contributed by atoms with van der Waals surface area (Å²) in [5, 5.41) is 10.0. The zero-order chi connectivity index (χ0) is 20.0. The summed E-state index contributed by atoms with van der Waals surface area (Å²) in [4.78, 5) is 53.8. The Balaban J connectivity index is 1.45. The molecule has 2 aromatic rings. The highest BCUT2D eigenvalue weighted by Crippen LogP contribution is 2.68. The first-order valence-electron chi connectivity index (χ1n) is 9.45. The van der Waals surface area contributed by atoms with Crippen molar-refractivity contribution in [2.75, 3.05) is 6.54 Å². The zero-order valence-corrected chi connectivity index (χ0v) is 16.6. The number of thiazole rings is 1. The van der Waals surface area contributed by atoms with Gasteiger partial charge in [-0.05, 0) is 36.3 Å². The van der Waals surface area contributed by atoms with Crippen LogP contribution in [0.25, 0.3) is 0 Å². The highest BCUT2D eigenvalue weighted by Gasteiger charge is 2.69. The van der Waals surface area contributed by atoms with E-state index in [1.165, 1.54) is 11.3 Å². The first-order valence-corrected chi connectivity index (χ1v) is 11.2. The summed E-state index contributed by atoms with van der Waals surface area (Å²) >= 11 is 2.77. The number of aromatic nitrogens is 1. The lowest BCUT2D eigenvalue weighted by molar-refractivity contribution is -0.149. The van der Waals surface area contributed by atoms with Gasteiger partial charge in [-0.3, -0.25) is 24.1 Å². The smallest absolute Gasteiger partial charge is 0.323 e. The van der Waals surface area contributed by atoms with Crippen LogP contribution < -0.4 is 4.87 Å². The van der Waals surface area contributed by atoms with E-state index < -0.39 is 24.3 Å². The molecule has 0 spiro atoms. The summed E-state index contributed by atoms with van der Waals surface area (Å²) in [6.07, 6.45) is 2.38. The molecule has 8 nitrogen and oxygen atoms in total. The molecule has 150 valence electrons. The molecule has 2 aliphatic heterocycles. The fourth-order valence-electron chi connectivity index (χ4n) is 6.16. The molecule has 29 heavy (non-hydrogen) atoms. The van der Waals surface area contributed by atoms with Crippen LogP contribution in [0, 0.1) is 29.6 Å². The first-order chi connectivity index (χ1) is 14.0. The van der Waals surface area contributed by atoms with Crippen LogP contribution in [0.4, 0.5) is 0 Å². The lowest BCUT2D eigenvalue weighted by atomic mass is 9.69. The summed E-state index contributed by atoms with van der Waals surface area (Å²) in [6, 6.07) is 3.71. The number of carboxylic acids is 1. The van der Waals surface area contributed by atoms with Crippen molar-refractivity contribution < 1.29 is 23.9 Å². The fraction of sp³-hybridized carbons (Fsp3) is 0.474. The van der Waals surface area contributed by atoms with Gasteiger partial charge in [-0.15, -0.1) is 11.8 Å². The number of rotatable bonds is 3. The number of hydrogen-bond acceptors (Lipinski definition) is 7. The molecule has 7 atom stereocenters. The third-order valence-corrected chi connectivity index (χ3v) is 9.55. The van der Waals surface area contributed by atoms with E-state index >= 15 is 0 Å². The zero-order valence-electron chi connectivity index (χ0n) is 14.9. The summed E-state index contributed by atoms with van der Waals surface area (Å²) in [7, 11) is 0. The SMILES string of the molecule is O=C(O)CN1C(=O)[C@@H]2[C@H]3C[C@@H]([C@H]2C1=O)[C@H]1[C@@H](c2ccco2)c2sc(=O)[nH]c2S[C@@H]31. The Morgan fingerprint density at radius 2 is 2.00 bits per heavy atom. The monoisotopic (exact) mass is 432 g/mol. The molecule has 2 amide bonds. The molecular formula is C19H16N2O6S2. The van der Waals surface area contributed by atoms with Crippen LogP contribution in [0.1, 0.15) is 23.0 Å². The molecule has 4 heterocycles. The van der Waals surface area contributed by atoms with Crippen molar-refractivity contribution in [3.8, 4) is 0 Å². The summed E-state index contributed by atoms with van der Waals surface area (Å²) in [6.45, 7) is -0.575. The van der Waals surface area contributed by atoms with Crippen molar-refractivity contribution in [2.45, 2.75) is 22.6 Å². The number of fused-ring (bicyclic) bond motifs is 9. The number of H-pyrrole nitrogens is 1. The molecule has 4 aliphatic rings. The minimum Gasteiger partial charge on any atom is -0.480 e. The molecule has 2 aliphatic carbocycles. The molecule has 2 saturated carbocycles. The molecule has 2 bridgehead atoms. The Kier molecular flexibility index (Phi) is 3.54. The Morgan fingerprint density at radius 1 is 1.24 bits per heavy atom. The minimum atomic E-state index is -1.18. The van der Waals surface area contributed by atoms with Crippen LogP contribution in [0.2, 0.25) is 0 Å². The molecule has 1 saturated heterocycles. The molecule has 3 fully saturated rings. The fourth-order valence-corrected chi connectivity index (χ4v) is 9.03. The maximum Gasteiger partial charge on any atom is 0.323 e. The number of likely N-dealkylation sites (tertiary alicyclic amines) is 1. The number of carboxylic acid groups (broad SMARTS) is 1. The number of nitrogens with zero attached hydrogens (tertiary/aromatic N) is 1. The van der Waals surface area contributed by atoms with Gasteiger partial charge in [0.2, 0.25) is 11.8 Å². The number of aromatic amines is 1. The standard InChI is InChI=1S/C19H16N2O6S2/c22-9(23)5-21-17(24)11-6-4-7(12(11)18(21)25)14-10(6)13(8-2-1-3-27-8)15-16(28-14)20-19(26)29-15/h1-3,6-7,10-14H,4-5H2,(H,20,26)(H,22,23)/t6-,7-,10+,11-,12-,13-,14+/m1/s1. The van der Waals surface area contributed by atoms with Crippen molar-refractivity contribution >= 4 is 40.9 Å². The lowest BCUT2D eigenvalue weighted by Crippen LogP contribution is -2.42. The molecular weight excluding hydrogens is 416 g/mol. The summed E-state index contributed by atoms with van der Waals surface area (Å²) < 4.78 is 5.73. The van der Waals surface area contributed by atoms with Crippen molar-refractivity contribution in [1.82, 2.24) is 9.88 Å². The molecule has 2 aromatic heterocycles. The number of imide groups is 1. The van der Waals surface area contributed by atoms with Crippen LogP contribution in [0.5, 0.6) is 0 Å². The van der Waals surface area contributed by atoms with E-state index in [1.807, 2.05) is 12.1 Å². The topological polar surface area (TPSA) is 121 Å². The van der Waals surface area contributed by atoms with Crippen LogP contribution in [0.15, 0.2) is 32.6 Å². The molecule has 10 heteroatoms. The van der Waals surface area contributed by atoms with Crippen LogP contribution >= 0.6 is 23.1 Å². The van der Waals surface area contributed by atoms with Gasteiger partial charge in [-0.25, -0.2) is 0 Å². The van der Waals surface area contributed by atoms with Gasteiger partial charge in [-0.1, -0.05) is 11.3 Å². The van der Waals surface area contributed by atoms with E-state index in [4.69, 9.17) is 9.52 Å². The molecule has 2 N–H and O–H groups in total. The van der Waals surface area contributed by atoms with Gasteiger partial charge in [0.25, 0.3) is 0 Å². The van der Waals surface area contributed by atoms with E-state index in [1.54, 1.807) is 18.0 Å². The van der Waals surface area contributed by atoms with Crippen LogP contribution in [-0.4, -0.2) is 44.6 Å². The van der Waals surface area contributed by atoms with E-state index in [2.05, 4.69) is 4.98 Å². The third kappa shape index (κ3) is 2.21. The Morgan fingerprint density at radius 3 is 2.69 bits per heavy atom. The predicted molar refractivity (Wildman–Crippen MR) is 102 cm³/mol. The van der Waals surface area contributed by atoms with E-state index in [9.17, 15) is 19.2 Å². The number of hydrogen-bond donors (Lipinski definition) is 2. The second-order valence-electron chi connectivity index (χ2n) is 8.13. The largest absolute Gasteiger partial charge is 0.480 e. The number of thioether (sulfide) groups is 1. The molecule has 0 aromatic carbocycles. The number of aliphatic carboxylic acids is 1. The predicted octanol–water partition coefficient (Wildman–Crippen LogP) is 1.59. The number of nitrogens with one attached hydrogen (secondary N) is 1. The van der Waals surface area contributed by atoms with Crippen molar-refractivity contribution in [3.05, 3.63) is 38.7 Å². The number of amides is 2. The number of carbonyl (C=O) groups excluding carboxylic acids is 2. The Labute approximate surface area is 172 Å². The average Bonchev–Trinajstić information content (AvgIpc) is 3.45. The Bertz CT molecular complexity index is 1100. The van der Waals surface area contributed by atoms with E-state index in [0.29, 0.717) is 0 Å². The second-order valence-corrected chi connectivity index (χ2v) is 10.3. The van der Waals surface area contributed by atoms with Crippen molar-refractivity contribution in [2.24, 2.45) is 29.6 Å². The van der Waals surface area contributed by atoms with Gasteiger partial charge in [0.1, 0.15) is 12.3 Å². The van der Waals surface area contributed by atoms with Crippen LogP contribution in [-0.2, 0) is 14.4 Å². The summed E-state index contributed by atoms with van der Waals surface area (Å²) in [5.74, 6) is -2.16. The quantitative estimate of drug-likeness (QED) is 0.707. The van der Waals surface area contributed by atoms with Gasteiger partial charge in [0, 0.05) is 5.25 Å². The normalized spacial score (nSPS) is 37.0. The van der Waals surface area contributed by atoms with Gasteiger partial charge in [0.05, 0.1) is 33.9 Å². The van der Waals surface area contributed by atoms with Gasteiger partial charge in [0.15, 0.2) is 0 Å². The summed E-state index contributed by atoms with van der Waals surface area (Å²) in [5.41, 5.74) is 0. The second kappa shape index (κ2) is 5.85. The third-order valence-electron chi connectivity index (χ3n) is 6.96. The van der Waals surface area contributed by atoms with Gasteiger partial charge >= 0.3 is 10.8 Å². The van der Waals surface area contributed by atoms with Gasteiger partial charge in [-0.2, -0.15) is 0 Å². The van der Waals surface area contributed by atoms with Crippen molar-refractivity contribution in [1.29, 1.82) is 0 Å². The highest BCUT2D eigenvalue weighted by molar-refractivity contribution is 8.00. The number of furan rings is 1. The van der Waals surface area contributed by atoms with E-state index in [0.717, 1.165) is 27.0 Å². The average molecular weight is 432 g/mol. The minimum absolute atomic E-state index is 0.00995. The molecule has 0 unspecified atom stereocenters. The maximum atomic E-state index is 13.0. The maximum absolute atomic E-state index is 13.0. The van der Waals surface area contributed by atoms with Crippen LogP contribution in [0.3, 0.4) is 0 Å². The number of carbonyl (C=O) groups is 3. The van der Waals surface area contributed by atoms with Gasteiger partial charge < -0.3 is 14.5 Å². The van der Waals surface area contributed by atoms with Crippen molar-refractivity contribution in [3.63, 3.8) is 0 Å². The molecule has 6 rings (SSSR count). The van der Waals surface area contributed by atoms with E-state index in [-0.39, 0.29) is 45.6 Å². The molecule has 0 radical (unpaired) electrons. The Hall–Kier alpha value is -2.33. The first kappa shape index (κ1) is 17.5.